The summed E-state index contributed by atoms with van der Waals surface area (Å²) < 4.78 is 0. The van der Waals surface area contributed by atoms with Gasteiger partial charge in [0.25, 0.3) is 5.09 Å². The molecule has 1 aliphatic heterocycles. The van der Waals surface area contributed by atoms with E-state index >= 15 is 0 Å². The van der Waals surface area contributed by atoms with Crippen molar-refractivity contribution >= 4 is 17.3 Å². The van der Waals surface area contributed by atoms with E-state index in [1.54, 1.807) is 0 Å². The quantitative estimate of drug-likeness (QED) is 0.230. The molecule has 1 saturated heterocycles. The topological polar surface area (TPSA) is 62.1 Å². The summed E-state index contributed by atoms with van der Waals surface area (Å²) in [5, 5.41) is 10.1. The van der Waals surface area contributed by atoms with Crippen LogP contribution >= 0.6 is 11.6 Å². The van der Waals surface area contributed by atoms with Crippen LogP contribution in [-0.4, -0.2) is 74.4 Å². The molecule has 2 rings (SSSR count). The van der Waals surface area contributed by atoms with Crippen LogP contribution in [0.25, 0.3) is 0 Å². The van der Waals surface area contributed by atoms with Crippen LogP contribution in [0.15, 0.2) is 24.3 Å². The van der Waals surface area contributed by atoms with Crippen molar-refractivity contribution in [2.45, 2.75) is 44.9 Å². The van der Waals surface area contributed by atoms with Crippen LogP contribution in [0.1, 0.15) is 44.9 Å². The number of piperazine rings is 1. The lowest BCUT2D eigenvalue weighted by atomic mass is 10.1. The van der Waals surface area contributed by atoms with Gasteiger partial charge in [-0.2, -0.15) is 0 Å². The zero-order chi connectivity index (χ0) is 21.6. The first-order valence-electron chi connectivity index (χ1n) is 11.2. The summed E-state index contributed by atoms with van der Waals surface area (Å²) in [5.41, 5.74) is 1.22. The van der Waals surface area contributed by atoms with E-state index in [4.69, 9.17) is 11.6 Å². The number of benzene rings is 1. The normalized spacial score (nSPS) is 15.3. The first-order valence-corrected chi connectivity index (χ1v) is 11.6. The van der Waals surface area contributed by atoms with Crippen molar-refractivity contribution in [2.75, 3.05) is 64.4 Å². The van der Waals surface area contributed by atoms with Crippen LogP contribution in [0.4, 0.5) is 5.69 Å². The monoisotopic (exact) mass is 440 g/mol. The number of unbranched alkanes of at least 4 members (excludes halogenated alkanes) is 5. The van der Waals surface area contributed by atoms with Gasteiger partial charge in [0.05, 0.1) is 6.61 Å². The molecule has 0 amide bonds. The Labute approximate surface area is 186 Å². The Morgan fingerprint density at radius 1 is 0.933 bits per heavy atom. The van der Waals surface area contributed by atoms with Gasteiger partial charge in [0.2, 0.25) is 0 Å². The minimum absolute atomic E-state index is 0.229. The van der Waals surface area contributed by atoms with Gasteiger partial charge in [-0.25, -0.2) is 0 Å². The second-order valence-corrected chi connectivity index (χ2v) is 8.55. The van der Waals surface area contributed by atoms with Crippen LogP contribution in [0.5, 0.6) is 0 Å². The highest BCUT2D eigenvalue weighted by atomic mass is 35.5. The largest absolute Gasteiger partial charge is 0.375 e. The lowest BCUT2D eigenvalue weighted by Gasteiger charge is -2.34. The molecule has 30 heavy (non-hydrogen) atoms. The fourth-order valence-corrected chi connectivity index (χ4v) is 3.98. The average molecular weight is 441 g/mol. The highest BCUT2D eigenvalue weighted by Crippen LogP contribution is 2.17. The van der Waals surface area contributed by atoms with Crippen molar-refractivity contribution in [1.82, 2.24) is 9.80 Å². The molecule has 1 aliphatic rings. The molecular weight excluding hydrogens is 404 g/mol. The maximum absolute atomic E-state index is 10.1. The molecule has 0 saturated carbocycles. The Balaban J connectivity index is 1.43. The summed E-state index contributed by atoms with van der Waals surface area (Å²) in [6.07, 6.45) is 7.76. The van der Waals surface area contributed by atoms with Crippen LogP contribution in [0, 0.1) is 10.1 Å². The molecular formula is C22H37ClN4O3. The van der Waals surface area contributed by atoms with E-state index in [0.717, 1.165) is 30.8 Å². The van der Waals surface area contributed by atoms with E-state index < -0.39 is 5.09 Å². The van der Waals surface area contributed by atoms with Crippen LogP contribution in [0.3, 0.4) is 0 Å². The van der Waals surface area contributed by atoms with Gasteiger partial charge in [0.15, 0.2) is 0 Å². The summed E-state index contributed by atoms with van der Waals surface area (Å²) in [5.74, 6) is 0. The molecule has 1 aromatic rings. The van der Waals surface area contributed by atoms with Gasteiger partial charge in [-0.05, 0) is 63.0 Å². The molecule has 0 spiro atoms. The molecule has 0 N–H and O–H groups in total. The molecule has 0 aliphatic carbocycles. The van der Waals surface area contributed by atoms with E-state index in [-0.39, 0.29) is 6.61 Å². The molecule has 0 radical (unpaired) electrons. The van der Waals surface area contributed by atoms with Gasteiger partial charge in [0, 0.05) is 50.5 Å². The van der Waals surface area contributed by atoms with Crippen molar-refractivity contribution in [3.63, 3.8) is 0 Å². The predicted octanol–water partition coefficient (Wildman–Crippen LogP) is 4.33. The Morgan fingerprint density at radius 2 is 1.47 bits per heavy atom. The lowest BCUT2D eigenvalue weighted by Crippen LogP contribution is -2.46. The first-order chi connectivity index (χ1) is 14.5. The van der Waals surface area contributed by atoms with Crippen molar-refractivity contribution in [3.8, 4) is 0 Å². The number of hydrogen-bond donors (Lipinski definition) is 0. The first kappa shape index (κ1) is 24.7. The zero-order valence-corrected chi connectivity index (χ0v) is 19.1. The molecule has 1 aromatic carbocycles. The highest BCUT2D eigenvalue weighted by Gasteiger charge is 2.15. The van der Waals surface area contributed by atoms with E-state index in [1.807, 2.05) is 12.1 Å². The predicted molar refractivity (Wildman–Crippen MR) is 123 cm³/mol. The average Bonchev–Trinajstić information content (AvgIpc) is 2.74. The van der Waals surface area contributed by atoms with Gasteiger partial charge in [-0.3, -0.25) is 0 Å². The minimum atomic E-state index is -0.709. The molecule has 1 heterocycles. The molecule has 1 fully saturated rings. The highest BCUT2D eigenvalue weighted by molar-refractivity contribution is 6.30. The number of hydrogen-bond acceptors (Lipinski definition) is 6. The van der Waals surface area contributed by atoms with Crippen molar-refractivity contribution in [1.29, 1.82) is 0 Å². The molecule has 0 bridgehead atoms. The van der Waals surface area contributed by atoms with Crippen molar-refractivity contribution < 1.29 is 9.92 Å². The molecule has 0 unspecified atom stereocenters. The summed E-state index contributed by atoms with van der Waals surface area (Å²) in [7, 11) is 2.14. The summed E-state index contributed by atoms with van der Waals surface area (Å²) >= 11 is 5.96. The van der Waals surface area contributed by atoms with Gasteiger partial charge in [-0.1, -0.05) is 30.9 Å². The summed E-state index contributed by atoms with van der Waals surface area (Å²) in [6, 6.07) is 8.04. The van der Waals surface area contributed by atoms with Gasteiger partial charge in [0.1, 0.15) is 0 Å². The van der Waals surface area contributed by atoms with E-state index in [1.165, 1.54) is 70.6 Å². The third kappa shape index (κ3) is 10.5. The summed E-state index contributed by atoms with van der Waals surface area (Å²) in [4.78, 5) is 21.8. The molecule has 0 atom stereocenters. The molecule has 170 valence electrons. The Hall–Kier alpha value is -1.57. The number of halogens is 1. The third-order valence-electron chi connectivity index (χ3n) is 5.77. The lowest BCUT2D eigenvalue weighted by molar-refractivity contribution is -0.757. The Kier molecular flexibility index (Phi) is 11.9. The van der Waals surface area contributed by atoms with E-state index in [2.05, 4.69) is 38.7 Å². The molecule has 7 nitrogen and oxygen atoms in total. The smallest absolute Gasteiger partial charge is 0.294 e. The maximum Gasteiger partial charge on any atom is 0.294 e. The van der Waals surface area contributed by atoms with Crippen molar-refractivity contribution in [3.05, 3.63) is 39.4 Å². The molecule has 8 heteroatoms. The Morgan fingerprint density at radius 3 is 2.07 bits per heavy atom. The third-order valence-corrected chi connectivity index (χ3v) is 6.02. The van der Waals surface area contributed by atoms with E-state index in [9.17, 15) is 10.1 Å². The maximum atomic E-state index is 10.1. The number of anilines is 1. The SMILES string of the molecule is CN(CCCCN1CCN(CCCCCCCO[N+](=O)[O-])CC1)c1ccc(Cl)cc1. The number of nitrogens with zero attached hydrogens (tertiary/aromatic N) is 4. The van der Waals surface area contributed by atoms with Gasteiger partial charge >= 0.3 is 0 Å². The van der Waals surface area contributed by atoms with Gasteiger partial charge in [-0.15, -0.1) is 10.1 Å². The fourth-order valence-electron chi connectivity index (χ4n) is 3.85. The summed E-state index contributed by atoms with van der Waals surface area (Å²) in [6.45, 7) is 8.34. The number of rotatable bonds is 15. The molecule has 0 aromatic heterocycles. The second kappa shape index (κ2) is 14.4. The minimum Gasteiger partial charge on any atom is -0.375 e. The standard InChI is InChI=1S/C22H37ClN4O3/c1-24(22-11-9-21(23)10-12-22)13-6-7-15-26-18-16-25(17-19-26)14-5-3-2-4-8-20-30-27(28)29/h9-12H,2-8,13-20H2,1H3. The zero-order valence-electron chi connectivity index (χ0n) is 18.3. The van der Waals surface area contributed by atoms with Crippen LogP contribution in [0.2, 0.25) is 5.02 Å². The van der Waals surface area contributed by atoms with E-state index in [0.29, 0.717) is 0 Å². The van der Waals surface area contributed by atoms with Crippen LogP contribution < -0.4 is 4.90 Å². The van der Waals surface area contributed by atoms with Crippen LogP contribution in [-0.2, 0) is 4.84 Å². The van der Waals surface area contributed by atoms with Crippen molar-refractivity contribution in [2.24, 2.45) is 0 Å². The fraction of sp³-hybridized carbons (Fsp3) is 0.727. The Bertz CT molecular complexity index is 595. The second-order valence-electron chi connectivity index (χ2n) is 8.11. The van der Waals surface area contributed by atoms with Gasteiger partial charge < -0.3 is 19.5 Å².